The van der Waals surface area contributed by atoms with Gasteiger partial charge in [0.2, 0.25) is 5.91 Å². The minimum absolute atomic E-state index is 0.0440. The van der Waals surface area contributed by atoms with Gasteiger partial charge in [-0.15, -0.1) is 0 Å². The molecular weight excluding hydrogens is 315 g/mol. The van der Waals surface area contributed by atoms with Crippen molar-refractivity contribution < 1.29 is 27.5 Å². The molecule has 0 N–H and O–H groups in total. The molecule has 0 aromatic rings. The first-order chi connectivity index (χ1) is 10.6. The highest BCUT2D eigenvalue weighted by Crippen LogP contribution is 2.18. The molecule has 0 saturated carbocycles. The van der Waals surface area contributed by atoms with Crippen molar-refractivity contribution in [3.63, 3.8) is 0 Å². The Morgan fingerprint density at radius 2 is 1.74 bits per heavy atom. The second-order valence-electron chi connectivity index (χ2n) is 6.02. The van der Waals surface area contributed by atoms with Crippen LogP contribution in [0.3, 0.4) is 0 Å². The van der Waals surface area contributed by atoms with Crippen molar-refractivity contribution in [3.8, 4) is 0 Å². The van der Waals surface area contributed by atoms with Crippen LogP contribution in [0.4, 0.5) is 18.0 Å². The van der Waals surface area contributed by atoms with E-state index in [1.807, 2.05) is 0 Å². The summed E-state index contributed by atoms with van der Waals surface area (Å²) in [5.74, 6) is -0.583. The summed E-state index contributed by atoms with van der Waals surface area (Å²) in [5.41, 5.74) is 0. The third kappa shape index (κ3) is 7.06. The molecule has 0 spiro atoms. The van der Waals surface area contributed by atoms with Crippen LogP contribution >= 0.6 is 0 Å². The summed E-state index contributed by atoms with van der Waals surface area (Å²) in [6.45, 7) is 3.96. The molecule has 0 aliphatic carbocycles. The van der Waals surface area contributed by atoms with Crippen molar-refractivity contribution in [1.82, 2.24) is 14.7 Å². The number of carbonyl (C=O) groups is 2. The second kappa shape index (κ2) is 8.37. The summed E-state index contributed by atoms with van der Waals surface area (Å²) in [7, 11) is 1.29. The molecule has 1 saturated heterocycles. The predicted octanol–water partition coefficient (Wildman–Crippen LogP) is 1.42. The summed E-state index contributed by atoms with van der Waals surface area (Å²) in [6.07, 6.45) is -4.84. The van der Waals surface area contributed by atoms with E-state index >= 15 is 0 Å². The molecule has 0 atom stereocenters. The molecule has 1 aliphatic rings. The Balaban J connectivity index is 2.53. The summed E-state index contributed by atoms with van der Waals surface area (Å²) in [5, 5.41) is 0. The van der Waals surface area contributed by atoms with Gasteiger partial charge in [0, 0.05) is 32.7 Å². The van der Waals surface area contributed by atoms with Crippen LogP contribution in [0.25, 0.3) is 0 Å². The lowest BCUT2D eigenvalue weighted by Gasteiger charge is -2.35. The number of carbonyl (C=O) groups excluding carboxylic acids is 2. The molecule has 1 aliphatic heterocycles. The zero-order valence-corrected chi connectivity index (χ0v) is 13.7. The largest absolute Gasteiger partial charge is 0.453 e. The van der Waals surface area contributed by atoms with Gasteiger partial charge in [0.15, 0.2) is 0 Å². The van der Waals surface area contributed by atoms with Crippen molar-refractivity contribution >= 4 is 12.0 Å². The van der Waals surface area contributed by atoms with Gasteiger partial charge < -0.3 is 14.5 Å². The van der Waals surface area contributed by atoms with E-state index in [1.54, 1.807) is 18.7 Å². The molecule has 0 bridgehead atoms. The van der Waals surface area contributed by atoms with Gasteiger partial charge in [0.05, 0.1) is 13.7 Å². The van der Waals surface area contributed by atoms with Crippen LogP contribution in [0.15, 0.2) is 0 Å². The van der Waals surface area contributed by atoms with Gasteiger partial charge in [0.25, 0.3) is 0 Å². The van der Waals surface area contributed by atoms with E-state index in [0.29, 0.717) is 26.2 Å². The maximum absolute atomic E-state index is 12.6. The van der Waals surface area contributed by atoms with Crippen LogP contribution in [0, 0.1) is 5.92 Å². The highest BCUT2D eigenvalue weighted by atomic mass is 19.4. The summed E-state index contributed by atoms with van der Waals surface area (Å²) in [4.78, 5) is 27.7. The zero-order chi connectivity index (χ0) is 17.6. The Hall–Kier alpha value is -1.51. The molecule has 1 fully saturated rings. The van der Waals surface area contributed by atoms with Crippen LogP contribution in [0.1, 0.15) is 13.8 Å². The monoisotopic (exact) mass is 339 g/mol. The average Bonchev–Trinajstić information content (AvgIpc) is 2.44. The number of amides is 2. The van der Waals surface area contributed by atoms with Crippen LogP contribution < -0.4 is 0 Å². The number of methoxy groups -OCH3 is 1. The molecule has 0 radical (unpaired) electrons. The lowest BCUT2D eigenvalue weighted by atomic mass is 10.2. The van der Waals surface area contributed by atoms with Crippen LogP contribution in [-0.2, 0) is 9.53 Å². The fourth-order valence-electron chi connectivity index (χ4n) is 2.42. The first-order valence-corrected chi connectivity index (χ1v) is 7.52. The highest BCUT2D eigenvalue weighted by Gasteiger charge is 2.34. The summed E-state index contributed by atoms with van der Waals surface area (Å²) >= 11 is 0. The normalized spacial score (nSPS) is 16.6. The third-order valence-electron chi connectivity index (χ3n) is 3.47. The summed E-state index contributed by atoms with van der Waals surface area (Å²) in [6, 6.07) is 0. The van der Waals surface area contributed by atoms with E-state index in [9.17, 15) is 22.8 Å². The van der Waals surface area contributed by atoms with E-state index in [1.165, 1.54) is 12.0 Å². The lowest BCUT2D eigenvalue weighted by Crippen LogP contribution is -2.52. The van der Waals surface area contributed by atoms with Gasteiger partial charge in [-0.3, -0.25) is 9.69 Å². The van der Waals surface area contributed by atoms with Crippen LogP contribution in [0.2, 0.25) is 0 Å². The quantitative estimate of drug-likeness (QED) is 0.760. The zero-order valence-electron chi connectivity index (χ0n) is 13.7. The van der Waals surface area contributed by atoms with E-state index in [4.69, 9.17) is 0 Å². The fourth-order valence-corrected chi connectivity index (χ4v) is 2.42. The fraction of sp³-hybridized carbons (Fsp3) is 0.857. The van der Waals surface area contributed by atoms with Gasteiger partial charge in [-0.1, -0.05) is 13.8 Å². The Morgan fingerprint density at radius 3 is 2.17 bits per heavy atom. The molecule has 1 rings (SSSR count). The number of rotatable bonds is 5. The van der Waals surface area contributed by atoms with Gasteiger partial charge in [-0.25, -0.2) is 4.79 Å². The third-order valence-corrected chi connectivity index (χ3v) is 3.47. The molecule has 1 heterocycles. The minimum atomic E-state index is -4.41. The minimum Gasteiger partial charge on any atom is -0.453 e. The predicted molar refractivity (Wildman–Crippen MR) is 77.9 cm³/mol. The number of halogens is 3. The van der Waals surface area contributed by atoms with E-state index in [-0.39, 0.29) is 19.0 Å². The number of piperazine rings is 1. The smallest absolute Gasteiger partial charge is 0.409 e. The Kier molecular flexibility index (Phi) is 7.11. The molecule has 0 aromatic carbocycles. The maximum atomic E-state index is 12.6. The number of hydrogen-bond acceptors (Lipinski definition) is 4. The molecule has 23 heavy (non-hydrogen) atoms. The Bertz CT molecular complexity index is 408. The molecule has 6 nitrogen and oxygen atoms in total. The first kappa shape index (κ1) is 19.5. The van der Waals surface area contributed by atoms with Gasteiger partial charge in [-0.2, -0.15) is 13.2 Å². The summed E-state index contributed by atoms with van der Waals surface area (Å²) < 4.78 is 42.4. The molecule has 2 amide bonds. The Morgan fingerprint density at radius 1 is 1.17 bits per heavy atom. The standard InChI is InChI=1S/C14H24F3N3O3/c1-11(2)8-20(10-14(15,16)17)12(21)9-18-4-6-19(7-5-18)13(22)23-3/h11H,4-10H2,1-3H3. The SMILES string of the molecule is COC(=O)N1CCN(CC(=O)N(CC(C)C)CC(F)(F)F)CC1. The topological polar surface area (TPSA) is 53.1 Å². The van der Waals surface area contributed by atoms with Crippen molar-refractivity contribution in [2.24, 2.45) is 5.92 Å². The Labute approximate surface area is 134 Å². The molecule has 134 valence electrons. The van der Waals surface area contributed by atoms with Gasteiger partial charge in [0.1, 0.15) is 6.54 Å². The van der Waals surface area contributed by atoms with Crippen molar-refractivity contribution in [2.45, 2.75) is 20.0 Å². The van der Waals surface area contributed by atoms with E-state index < -0.39 is 24.7 Å². The molecule has 9 heteroatoms. The van der Waals surface area contributed by atoms with Gasteiger partial charge in [-0.05, 0) is 5.92 Å². The van der Waals surface area contributed by atoms with Crippen molar-refractivity contribution in [1.29, 1.82) is 0 Å². The second-order valence-corrected chi connectivity index (χ2v) is 6.02. The average molecular weight is 339 g/mol. The van der Waals surface area contributed by atoms with Gasteiger partial charge >= 0.3 is 12.3 Å². The van der Waals surface area contributed by atoms with E-state index in [2.05, 4.69) is 4.74 Å². The van der Waals surface area contributed by atoms with Crippen molar-refractivity contribution in [2.75, 3.05) is 52.9 Å². The van der Waals surface area contributed by atoms with E-state index in [0.717, 1.165) is 4.90 Å². The number of hydrogen-bond donors (Lipinski definition) is 0. The number of ether oxygens (including phenoxy) is 1. The number of nitrogens with zero attached hydrogens (tertiary/aromatic N) is 3. The molecular formula is C14H24F3N3O3. The van der Waals surface area contributed by atoms with Crippen molar-refractivity contribution in [3.05, 3.63) is 0 Å². The van der Waals surface area contributed by atoms with Crippen LogP contribution in [-0.4, -0.2) is 85.8 Å². The maximum Gasteiger partial charge on any atom is 0.409 e. The lowest BCUT2D eigenvalue weighted by molar-refractivity contribution is -0.163. The number of alkyl halides is 3. The highest BCUT2D eigenvalue weighted by molar-refractivity contribution is 5.78. The molecule has 0 unspecified atom stereocenters. The van der Waals surface area contributed by atoms with Crippen LogP contribution in [0.5, 0.6) is 0 Å². The molecule has 0 aromatic heterocycles. The first-order valence-electron chi connectivity index (χ1n) is 7.52.